The summed E-state index contributed by atoms with van der Waals surface area (Å²) < 4.78 is 1.27. The summed E-state index contributed by atoms with van der Waals surface area (Å²) >= 11 is 0. The van der Waals surface area contributed by atoms with E-state index in [1.54, 1.807) is 4.90 Å². The van der Waals surface area contributed by atoms with Crippen LogP contribution in [0.2, 0.25) is 0 Å². The van der Waals surface area contributed by atoms with Gasteiger partial charge in [-0.3, -0.25) is 19.7 Å². The molecular weight excluding hydrogens is 400 g/mol. The summed E-state index contributed by atoms with van der Waals surface area (Å²) in [5, 5.41) is 18.4. The van der Waals surface area contributed by atoms with E-state index in [1.807, 2.05) is 30.3 Å². The fourth-order valence-electron chi connectivity index (χ4n) is 3.62. The molecule has 1 aliphatic heterocycles. The van der Waals surface area contributed by atoms with Gasteiger partial charge in [0.15, 0.2) is 0 Å². The topological polar surface area (TPSA) is 123 Å². The molecular formula is C21H20N6O4. The molecule has 0 radical (unpaired) electrons. The summed E-state index contributed by atoms with van der Waals surface area (Å²) in [6, 6.07) is 13.1. The minimum absolute atomic E-state index is 0.0583. The molecule has 1 saturated heterocycles. The highest BCUT2D eigenvalue weighted by molar-refractivity contribution is 5.95. The molecule has 1 fully saturated rings. The number of carbonyl (C=O) groups excluding carboxylic acids is 2. The average molecular weight is 420 g/mol. The Hall–Kier alpha value is -4.08. The summed E-state index contributed by atoms with van der Waals surface area (Å²) in [5.74, 6) is -0.406. The second kappa shape index (κ2) is 8.74. The van der Waals surface area contributed by atoms with E-state index in [2.05, 4.69) is 15.4 Å². The Labute approximate surface area is 177 Å². The normalized spacial score (nSPS) is 14.5. The first kappa shape index (κ1) is 20.2. The molecule has 1 atom stereocenters. The maximum atomic E-state index is 13.0. The summed E-state index contributed by atoms with van der Waals surface area (Å²) in [5.41, 5.74) is 0.944. The van der Waals surface area contributed by atoms with Crippen LogP contribution in [0.5, 0.6) is 0 Å². The van der Waals surface area contributed by atoms with Crippen molar-refractivity contribution < 1.29 is 14.5 Å². The van der Waals surface area contributed by atoms with Gasteiger partial charge in [-0.15, -0.1) is 0 Å². The summed E-state index contributed by atoms with van der Waals surface area (Å²) in [4.78, 5) is 41.6. The van der Waals surface area contributed by atoms with E-state index < -0.39 is 16.9 Å². The van der Waals surface area contributed by atoms with Crippen molar-refractivity contribution >= 4 is 17.5 Å². The van der Waals surface area contributed by atoms with E-state index in [1.165, 1.54) is 35.5 Å². The first-order valence-corrected chi connectivity index (χ1v) is 9.80. The van der Waals surface area contributed by atoms with Crippen molar-refractivity contribution in [2.24, 2.45) is 0 Å². The van der Waals surface area contributed by atoms with Gasteiger partial charge in [0.2, 0.25) is 5.91 Å². The van der Waals surface area contributed by atoms with Gasteiger partial charge < -0.3 is 10.2 Å². The lowest BCUT2D eigenvalue weighted by atomic mass is 10.1. The molecule has 0 saturated carbocycles. The van der Waals surface area contributed by atoms with Crippen molar-refractivity contribution in [3.05, 3.63) is 82.4 Å². The number of benzene rings is 2. The third kappa shape index (κ3) is 4.42. The zero-order chi connectivity index (χ0) is 21.8. The van der Waals surface area contributed by atoms with Crippen LogP contribution in [-0.2, 0) is 4.79 Å². The fourth-order valence-corrected chi connectivity index (χ4v) is 3.62. The Balaban J connectivity index is 1.60. The van der Waals surface area contributed by atoms with E-state index >= 15 is 0 Å². The predicted octanol–water partition coefficient (Wildman–Crippen LogP) is 2.27. The Kier molecular flexibility index (Phi) is 5.69. The monoisotopic (exact) mass is 420 g/mol. The number of nitro benzene ring substituents is 1. The third-order valence-electron chi connectivity index (χ3n) is 5.18. The Morgan fingerprint density at radius 1 is 1.23 bits per heavy atom. The number of hydrogen-bond donors (Lipinski definition) is 1. The molecule has 0 aliphatic carbocycles. The molecule has 0 spiro atoms. The van der Waals surface area contributed by atoms with Crippen molar-refractivity contribution in [2.45, 2.75) is 18.9 Å². The maximum Gasteiger partial charge on any atom is 0.295 e. The van der Waals surface area contributed by atoms with Crippen LogP contribution in [0.1, 0.15) is 34.8 Å². The van der Waals surface area contributed by atoms with Crippen LogP contribution in [0.4, 0.5) is 5.69 Å². The third-order valence-corrected chi connectivity index (χ3v) is 5.18. The average Bonchev–Trinajstić information content (AvgIpc) is 3.45. The first-order chi connectivity index (χ1) is 15.0. The van der Waals surface area contributed by atoms with E-state index in [4.69, 9.17) is 0 Å². The molecule has 0 bridgehead atoms. The number of rotatable bonds is 7. The van der Waals surface area contributed by atoms with E-state index in [0.29, 0.717) is 19.5 Å². The summed E-state index contributed by atoms with van der Waals surface area (Å²) in [6.07, 6.45) is 3.92. The molecule has 1 aliphatic rings. The van der Waals surface area contributed by atoms with Gasteiger partial charge in [0.05, 0.1) is 11.0 Å². The van der Waals surface area contributed by atoms with Gasteiger partial charge in [-0.1, -0.05) is 30.3 Å². The van der Waals surface area contributed by atoms with E-state index in [-0.39, 0.29) is 22.8 Å². The van der Waals surface area contributed by atoms with Gasteiger partial charge >= 0.3 is 0 Å². The molecule has 3 aromatic rings. The Morgan fingerprint density at radius 3 is 2.68 bits per heavy atom. The van der Waals surface area contributed by atoms with Crippen molar-refractivity contribution in [2.75, 3.05) is 13.1 Å². The van der Waals surface area contributed by atoms with Gasteiger partial charge in [-0.2, -0.15) is 5.10 Å². The second-order valence-corrected chi connectivity index (χ2v) is 7.18. The van der Waals surface area contributed by atoms with Crippen LogP contribution in [0, 0.1) is 10.1 Å². The van der Waals surface area contributed by atoms with Crippen molar-refractivity contribution in [3.63, 3.8) is 0 Å². The lowest BCUT2D eigenvalue weighted by Gasteiger charge is -2.25. The molecule has 4 rings (SSSR count). The number of likely N-dealkylation sites (tertiary alicyclic amines) is 1. The Morgan fingerprint density at radius 2 is 2.03 bits per heavy atom. The molecule has 31 heavy (non-hydrogen) atoms. The number of nitro groups is 1. The zero-order valence-corrected chi connectivity index (χ0v) is 16.5. The highest BCUT2D eigenvalue weighted by Gasteiger charge is 2.26. The van der Waals surface area contributed by atoms with E-state index in [0.717, 1.165) is 12.0 Å². The van der Waals surface area contributed by atoms with Gasteiger partial charge in [-0.25, -0.2) is 9.67 Å². The predicted molar refractivity (Wildman–Crippen MR) is 110 cm³/mol. The smallest absolute Gasteiger partial charge is 0.295 e. The highest BCUT2D eigenvalue weighted by Crippen LogP contribution is 2.25. The van der Waals surface area contributed by atoms with Crippen molar-refractivity contribution in [1.82, 2.24) is 25.0 Å². The van der Waals surface area contributed by atoms with Gasteiger partial charge in [-0.05, 0) is 24.1 Å². The number of aromatic nitrogens is 3. The van der Waals surface area contributed by atoms with Crippen molar-refractivity contribution in [1.29, 1.82) is 0 Å². The standard InChI is InChI=1S/C21H20N6O4/c28-20-7-4-10-25(20)12-17(15-5-2-1-3-6-15)24-21(29)16-8-9-18(19(11-16)27(30)31)26-14-22-13-23-26/h1-3,5-6,8-9,11,13-14,17H,4,7,10,12H2,(H,24,29). The van der Waals surface area contributed by atoms with Crippen LogP contribution in [0.3, 0.4) is 0 Å². The molecule has 2 amide bonds. The molecule has 10 heteroatoms. The van der Waals surface area contributed by atoms with E-state index in [9.17, 15) is 19.7 Å². The van der Waals surface area contributed by atoms with Crippen LogP contribution in [-0.4, -0.2) is 49.5 Å². The lowest BCUT2D eigenvalue weighted by Crippen LogP contribution is -2.38. The molecule has 1 aromatic heterocycles. The van der Waals surface area contributed by atoms with Crippen LogP contribution < -0.4 is 5.32 Å². The van der Waals surface area contributed by atoms with Gasteiger partial charge in [0, 0.05) is 31.1 Å². The minimum Gasteiger partial charge on any atom is -0.343 e. The number of nitrogens with zero attached hydrogens (tertiary/aromatic N) is 5. The number of amides is 2. The molecule has 1 N–H and O–H groups in total. The summed E-state index contributed by atoms with van der Waals surface area (Å²) in [7, 11) is 0. The first-order valence-electron chi connectivity index (χ1n) is 9.80. The molecule has 10 nitrogen and oxygen atoms in total. The fraction of sp³-hybridized carbons (Fsp3) is 0.238. The number of carbonyl (C=O) groups is 2. The number of hydrogen-bond acceptors (Lipinski definition) is 6. The van der Waals surface area contributed by atoms with Gasteiger partial charge in [0.25, 0.3) is 11.6 Å². The SMILES string of the molecule is O=C(NC(CN1CCCC1=O)c1ccccc1)c1ccc(-n2cncn2)c([N+](=O)[O-])c1. The minimum atomic E-state index is -0.564. The number of nitrogens with one attached hydrogen (secondary N) is 1. The molecule has 158 valence electrons. The van der Waals surface area contributed by atoms with Crippen molar-refractivity contribution in [3.8, 4) is 5.69 Å². The van der Waals surface area contributed by atoms with Crippen LogP contribution in [0.25, 0.3) is 5.69 Å². The van der Waals surface area contributed by atoms with Gasteiger partial charge in [0.1, 0.15) is 18.3 Å². The molecule has 2 heterocycles. The highest BCUT2D eigenvalue weighted by atomic mass is 16.6. The zero-order valence-electron chi connectivity index (χ0n) is 16.5. The Bertz CT molecular complexity index is 1100. The largest absolute Gasteiger partial charge is 0.343 e. The molecule has 1 unspecified atom stereocenters. The lowest BCUT2D eigenvalue weighted by molar-refractivity contribution is -0.384. The summed E-state index contributed by atoms with van der Waals surface area (Å²) in [6.45, 7) is 0.990. The van der Waals surface area contributed by atoms with Crippen LogP contribution >= 0.6 is 0 Å². The maximum absolute atomic E-state index is 13.0. The quantitative estimate of drug-likeness (QED) is 0.462. The molecule has 2 aromatic carbocycles. The second-order valence-electron chi connectivity index (χ2n) is 7.18. The van der Waals surface area contributed by atoms with Crippen LogP contribution in [0.15, 0.2) is 61.2 Å².